The number of hydrazone groups is 1. The maximum atomic E-state index is 12.4. The van der Waals surface area contributed by atoms with Gasteiger partial charge in [-0.25, -0.2) is 10.2 Å². The van der Waals surface area contributed by atoms with Gasteiger partial charge in [0.25, 0.3) is 5.91 Å². The Bertz CT molecular complexity index is 971. The summed E-state index contributed by atoms with van der Waals surface area (Å²) < 4.78 is 15.0. The zero-order valence-corrected chi connectivity index (χ0v) is 17.1. The van der Waals surface area contributed by atoms with E-state index < -0.39 is 17.8 Å². The molecule has 0 bridgehead atoms. The van der Waals surface area contributed by atoms with Gasteiger partial charge in [-0.1, -0.05) is 12.1 Å². The smallest absolute Gasteiger partial charge is 0.339 e. The molecular formula is C21H23N3O6. The number of rotatable bonds is 8. The summed E-state index contributed by atoms with van der Waals surface area (Å²) in [5.41, 5.74) is 3.59. The number of nitrogens with zero attached hydrogens (tertiary/aromatic N) is 1. The van der Waals surface area contributed by atoms with Gasteiger partial charge in [0, 0.05) is 11.8 Å². The Morgan fingerprint density at radius 3 is 2.37 bits per heavy atom. The Hall–Kier alpha value is -3.88. The van der Waals surface area contributed by atoms with Gasteiger partial charge in [-0.3, -0.25) is 9.59 Å². The number of benzene rings is 2. The van der Waals surface area contributed by atoms with E-state index in [1.807, 2.05) is 0 Å². The SMILES string of the molecule is COC(=O)c1ccccc1NC(=O)C/C(C)=N/NC(=O)c1ccc(OC)cc1OC. The molecule has 2 N–H and O–H groups in total. The second kappa shape index (κ2) is 10.6. The molecule has 0 saturated heterocycles. The van der Waals surface area contributed by atoms with Crippen molar-refractivity contribution in [1.82, 2.24) is 5.43 Å². The van der Waals surface area contributed by atoms with Crippen molar-refractivity contribution in [2.75, 3.05) is 26.6 Å². The number of ether oxygens (including phenoxy) is 3. The van der Waals surface area contributed by atoms with E-state index in [9.17, 15) is 14.4 Å². The number of anilines is 1. The van der Waals surface area contributed by atoms with Crippen LogP contribution in [0.15, 0.2) is 47.6 Å². The number of hydrogen-bond donors (Lipinski definition) is 2. The number of para-hydroxylation sites is 1. The third kappa shape index (κ3) is 5.81. The maximum Gasteiger partial charge on any atom is 0.339 e. The number of esters is 1. The van der Waals surface area contributed by atoms with Crippen molar-refractivity contribution in [1.29, 1.82) is 0 Å². The van der Waals surface area contributed by atoms with Crippen LogP contribution in [0.5, 0.6) is 11.5 Å². The molecule has 30 heavy (non-hydrogen) atoms. The molecule has 0 radical (unpaired) electrons. The lowest BCUT2D eigenvalue weighted by molar-refractivity contribution is -0.115. The van der Waals surface area contributed by atoms with Crippen LogP contribution >= 0.6 is 0 Å². The highest BCUT2D eigenvalue weighted by molar-refractivity contribution is 6.08. The van der Waals surface area contributed by atoms with E-state index in [1.54, 1.807) is 49.4 Å². The van der Waals surface area contributed by atoms with Crippen LogP contribution < -0.4 is 20.2 Å². The molecule has 2 rings (SSSR count). The molecule has 2 amide bonds. The van der Waals surface area contributed by atoms with Gasteiger partial charge >= 0.3 is 5.97 Å². The molecule has 0 aliphatic carbocycles. The average molecular weight is 413 g/mol. The fourth-order valence-corrected chi connectivity index (χ4v) is 2.54. The van der Waals surface area contributed by atoms with E-state index >= 15 is 0 Å². The van der Waals surface area contributed by atoms with Crippen LogP contribution in [-0.4, -0.2) is 44.8 Å². The van der Waals surface area contributed by atoms with Gasteiger partial charge in [-0.2, -0.15) is 5.10 Å². The molecule has 158 valence electrons. The predicted molar refractivity (Wildman–Crippen MR) is 111 cm³/mol. The summed E-state index contributed by atoms with van der Waals surface area (Å²) in [7, 11) is 4.21. The molecule has 0 fully saturated rings. The van der Waals surface area contributed by atoms with Gasteiger partial charge < -0.3 is 19.5 Å². The summed E-state index contributed by atoms with van der Waals surface area (Å²) in [6.45, 7) is 1.59. The van der Waals surface area contributed by atoms with Gasteiger partial charge in [0.15, 0.2) is 0 Å². The minimum Gasteiger partial charge on any atom is -0.497 e. The number of nitrogens with one attached hydrogen (secondary N) is 2. The molecule has 9 heteroatoms. The molecule has 0 spiro atoms. The van der Waals surface area contributed by atoms with E-state index in [-0.39, 0.29) is 17.5 Å². The highest BCUT2D eigenvalue weighted by Gasteiger charge is 2.15. The zero-order valence-electron chi connectivity index (χ0n) is 17.1. The molecule has 0 aromatic heterocycles. The van der Waals surface area contributed by atoms with E-state index in [1.165, 1.54) is 21.3 Å². The Morgan fingerprint density at radius 1 is 0.967 bits per heavy atom. The van der Waals surface area contributed by atoms with Crippen molar-refractivity contribution in [3.63, 3.8) is 0 Å². The molecule has 0 heterocycles. The van der Waals surface area contributed by atoms with Crippen LogP contribution in [0.1, 0.15) is 34.1 Å². The van der Waals surface area contributed by atoms with E-state index in [0.29, 0.717) is 22.9 Å². The summed E-state index contributed by atoms with van der Waals surface area (Å²) in [5.74, 6) is -0.574. The first-order valence-corrected chi connectivity index (χ1v) is 8.92. The largest absolute Gasteiger partial charge is 0.497 e. The minimum atomic E-state index is -0.558. The maximum absolute atomic E-state index is 12.4. The van der Waals surface area contributed by atoms with Crippen LogP contribution in [-0.2, 0) is 9.53 Å². The quantitative estimate of drug-likeness (QED) is 0.391. The lowest BCUT2D eigenvalue weighted by atomic mass is 10.1. The van der Waals surface area contributed by atoms with Crippen LogP contribution in [0.25, 0.3) is 0 Å². The van der Waals surface area contributed by atoms with Crippen molar-refractivity contribution < 1.29 is 28.6 Å². The zero-order chi connectivity index (χ0) is 22.1. The Balaban J connectivity index is 2.01. The summed E-state index contributed by atoms with van der Waals surface area (Å²) in [6.07, 6.45) is -0.0878. The van der Waals surface area contributed by atoms with E-state index in [0.717, 1.165) is 0 Å². The molecule has 0 aliphatic heterocycles. The average Bonchev–Trinajstić information content (AvgIpc) is 2.76. The topological polar surface area (TPSA) is 115 Å². The highest BCUT2D eigenvalue weighted by Crippen LogP contribution is 2.24. The van der Waals surface area contributed by atoms with Crippen LogP contribution in [0.4, 0.5) is 5.69 Å². The van der Waals surface area contributed by atoms with Gasteiger partial charge in [-0.05, 0) is 31.2 Å². The first-order chi connectivity index (χ1) is 14.4. The third-order valence-corrected chi connectivity index (χ3v) is 4.02. The predicted octanol–water partition coefficient (Wildman–Crippen LogP) is 2.62. The molecule has 0 saturated carbocycles. The Morgan fingerprint density at radius 2 is 1.70 bits per heavy atom. The third-order valence-electron chi connectivity index (χ3n) is 4.02. The molecule has 2 aromatic rings. The Labute approximate surface area is 174 Å². The fourth-order valence-electron chi connectivity index (χ4n) is 2.54. The molecule has 9 nitrogen and oxygen atoms in total. The number of amides is 2. The summed E-state index contributed by atoms with van der Waals surface area (Å²) in [6, 6.07) is 11.2. The summed E-state index contributed by atoms with van der Waals surface area (Å²) >= 11 is 0. The second-order valence-corrected chi connectivity index (χ2v) is 6.12. The number of carbonyl (C=O) groups excluding carboxylic acids is 3. The lowest BCUT2D eigenvalue weighted by Gasteiger charge is -2.10. The van der Waals surface area contributed by atoms with Crippen molar-refractivity contribution in [2.24, 2.45) is 5.10 Å². The standard InChI is InChI=1S/C21H23N3O6/c1-13(11-19(25)22-17-8-6-5-7-15(17)21(27)30-4)23-24-20(26)16-10-9-14(28-2)12-18(16)29-3/h5-10,12H,11H2,1-4H3,(H,22,25)(H,24,26)/b23-13+. The summed E-state index contributed by atoms with van der Waals surface area (Å²) in [4.78, 5) is 36.4. The van der Waals surface area contributed by atoms with Gasteiger partial charge in [0.2, 0.25) is 5.91 Å². The highest BCUT2D eigenvalue weighted by atomic mass is 16.5. The Kier molecular flexibility index (Phi) is 7.92. The number of methoxy groups -OCH3 is 3. The first-order valence-electron chi connectivity index (χ1n) is 8.92. The fraction of sp³-hybridized carbons (Fsp3) is 0.238. The number of carbonyl (C=O) groups is 3. The van der Waals surface area contributed by atoms with Gasteiger partial charge in [0.05, 0.1) is 44.6 Å². The second-order valence-electron chi connectivity index (χ2n) is 6.12. The lowest BCUT2D eigenvalue weighted by Crippen LogP contribution is -2.22. The van der Waals surface area contributed by atoms with E-state index in [4.69, 9.17) is 14.2 Å². The van der Waals surface area contributed by atoms with Crippen molar-refractivity contribution in [3.05, 3.63) is 53.6 Å². The van der Waals surface area contributed by atoms with E-state index in [2.05, 4.69) is 15.8 Å². The van der Waals surface area contributed by atoms with Crippen LogP contribution in [0, 0.1) is 0 Å². The molecule has 2 aromatic carbocycles. The normalized spacial score (nSPS) is 10.7. The first kappa shape index (κ1) is 22.4. The van der Waals surface area contributed by atoms with Crippen LogP contribution in [0.2, 0.25) is 0 Å². The van der Waals surface area contributed by atoms with Gasteiger partial charge in [0.1, 0.15) is 11.5 Å². The van der Waals surface area contributed by atoms with Crippen molar-refractivity contribution in [3.8, 4) is 11.5 Å². The van der Waals surface area contributed by atoms with Gasteiger partial charge in [-0.15, -0.1) is 0 Å². The van der Waals surface area contributed by atoms with Crippen LogP contribution in [0.3, 0.4) is 0 Å². The minimum absolute atomic E-state index is 0.0878. The molecular weight excluding hydrogens is 390 g/mol. The summed E-state index contributed by atoms with van der Waals surface area (Å²) in [5, 5.41) is 6.59. The molecule has 0 aliphatic rings. The van der Waals surface area contributed by atoms with Crippen molar-refractivity contribution >= 4 is 29.2 Å². The molecule has 0 unspecified atom stereocenters. The number of hydrogen-bond acceptors (Lipinski definition) is 7. The van der Waals surface area contributed by atoms with Crippen molar-refractivity contribution in [2.45, 2.75) is 13.3 Å². The monoisotopic (exact) mass is 413 g/mol. The molecule has 0 atom stereocenters.